The highest BCUT2D eigenvalue weighted by Gasteiger charge is 2.56. The number of hydrogen-bond donors (Lipinski definition) is 1. The zero-order chi connectivity index (χ0) is 13.3. The zero-order valence-electron chi connectivity index (χ0n) is 11.0. The summed E-state index contributed by atoms with van der Waals surface area (Å²) in [4.78, 5) is 13.2. The quantitative estimate of drug-likeness (QED) is 0.739. The summed E-state index contributed by atoms with van der Waals surface area (Å²) in [5, 5.41) is 9.29. The minimum absolute atomic E-state index is 0.235. The Bertz CT molecular complexity index is 282. The zero-order valence-corrected chi connectivity index (χ0v) is 11.0. The van der Waals surface area contributed by atoms with Crippen molar-refractivity contribution in [3.63, 3.8) is 0 Å². The average molecular weight is 247 g/mol. The Kier molecular flexibility index (Phi) is 4.01. The number of likely N-dealkylation sites (tertiary alicyclic amines) is 1. The van der Waals surface area contributed by atoms with Gasteiger partial charge in [0.15, 0.2) is 0 Å². The summed E-state index contributed by atoms with van der Waals surface area (Å²) in [6, 6.07) is -0.535. The molecule has 0 radical (unpaired) electrons. The molecule has 0 unspecified atom stereocenters. The lowest BCUT2D eigenvalue weighted by Gasteiger charge is -2.53. The highest BCUT2D eigenvalue weighted by atomic mass is 16.7. The lowest BCUT2D eigenvalue weighted by atomic mass is 9.96. The van der Waals surface area contributed by atoms with Gasteiger partial charge >= 0.3 is 6.09 Å². The van der Waals surface area contributed by atoms with E-state index in [9.17, 15) is 9.90 Å². The van der Waals surface area contributed by atoms with Crippen LogP contribution in [0.4, 0.5) is 4.79 Å². The van der Waals surface area contributed by atoms with Crippen LogP contribution in [-0.4, -0.2) is 60.9 Å². The van der Waals surface area contributed by atoms with E-state index in [4.69, 9.17) is 14.2 Å². The van der Waals surface area contributed by atoms with E-state index >= 15 is 0 Å². The van der Waals surface area contributed by atoms with Gasteiger partial charge in [0.25, 0.3) is 0 Å². The summed E-state index contributed by atoms with van der Waals surface area (Å²) >= 11 is 0. The molecule has 1 rings (SSSR count). The number of carbonyl (C=O) groups excluding carboxylic acids is 1. The number of carbonyl (C=O) groups is 1. The second-order valence-electron chi connectivity index (χ2n) is 5.03. The van der Waals surface area contributed by atoms with E-state index in [1.54, 1.807) is 20.8 Å². The van der Waals surface area contributed by atoms with Gasteiger partial charge in [-0.15, -0.1) is 0 Å². The molecule has 1 amide bonds. The van der Waals surface area contributed by atoms with Crippen LogP contribution >= 0.6 is 0 Å². The Hall–Kier alpha value is -0.850. The second kappa shape index (κ2) is 4.80. The van der Waals surface area contributed by atoms with Crippen LogP contribution < -0.4 is 0 Å². The first-order valence-electron chi connectivity index (χ1n) is 5.50. The van der Waals surface area contributed by atoms with Crippen LogP contribution in [-0.2, 0) is 14.2 Å². The average Bonchev–Trinajstić information content (AvgIpc) is 2.16. The van der Waals surface area contributed by atoms with Gasteiger partial charge in [-0.25, -0.2) is 4.79 Å². The van der Waals surface area contributed by atoms with Crippen LogP contribution in [0.1, 0.15) is 20.8 Å². The lowest BCUT2D eigenvalue weighted by molar-refractivity contribution is -0.306. The molecule has 1 fully saturated rings. The van der Waals surface area contributed by atoms with Crippen molar-refractivity contribution >= 4 is 6.09 Å². The van der Waals surface area contributed by atoms with E-state index in [0.29, 0.717) is 0 Å². The Balaban J connectivity index is 2.67. The molecule has 1 heterocycles. The maximum absolute atomic E-state index is 11.8. The van der Waals surface area contributed by atoms with Crippen LogP contribution in [0.15, 0.2) is 0 Å². The Morgan fingerprint density at radius 2 is 1.94 bits per heavy atom. The van der Waals surface area contributed by atoms with Crippen molar-refractivity contribution in [3.8, 4) is 0 Å². The molecule has 1 atom stereocenters. The van der Waals surface area contributed by atoms with Crippen molar-refractivity contribution in [1.82, 2.24) is 4.90 Å². The molecule has 1 aliphatic heterocycles. The van der Waals surface area contributed by atoms with Crippen molar-refractivity contribution in [3.05, 3.63) is 0 Å². The summed E-state index contributed by atoms with van der Waals surface area (Å²) in [6.07, 6.45) is -0.471. The molecular weight excluding hydrogens is 226 g/mol. The molecule has 0 aromatic rings. The summed E-state index contributed by atoms with van der Waals surface area (Å²) in [5.41, 5.74) is -0.560. The first kappa shape index (κ1) is 14.2. The third-order valence-electron chi connectivity index (χ3n) is 2.77. The summed E-state index contributed by atoms with van der Waals surface area (Å²) in [6.45, 7) is 5.39. The third kappa shape index (κ3) is 2.70. The number of ether oxygens (including phenoxy) is 3. The Morgan fingerprint density at radius 1 is 1.41 bits per heavy atom. The molecule has 6 heteroatoms. The van der Waals surface area contributed by atoms with Crippen molar-refractivity contribution < 1.29 is 24.1 Å². The molecule has 0 aromatic carbocycles. The molecule has 17 heavy (non-hydrogen) atoms. The third-order valence-corrected chi connectivity index (χ3v) is 2.77. The summed E-state index contributed by atoms with van der Waals surface area (Å²) in [7, 11) is 2.97. The summed E-state index contributed by atoms with van der Waals surface area (Å²) < 4.78 is 15.6. The summed E-state index contributed by atoms with van der Waals surface area (Å²) in [5.74, 6) is -0.925. The number of methoxy groups -OCH3 is 2. The van der Waals surface area contributed by atoms with Gasteiger partial charge in [-0.3, -0.25) is 4.90 Å². The number of aliphatic hydroxyl groups excluding tert-OH is 1. The van der Waals surface area contributed by atoms with E-state index in [1.165, 1.54) is 19.1 Å². The second-order valence-corrected chi connectivity index (χ2v) is 5.03. The number of hydrogen-bond acceptors (Lipinski definition) is 5. The molecule has 0 spiro atoms. The lowest BCUT2D eigenvalue weighted by Crippen LogP contribution is -2.74. The standard InChI is InChI=1S/C11H21NO5/c1-10(2,3)17-9(14)12-7-11(15-4,16-5)8(12)6-13/h8,13H,6-7H2,1-5H3/t8-/m0/s1. The van der Waals surface area contributed by atoms with Crippen molar-refractivity contribution in [1.29, 1.82) is 0 Å². The molecule has 1 saturated heterocycles. The molecule has 6 nitrogen and oxygen atoms in total. The molecule has 1 aliphatic rings. The normalized spacial score (nSPS) is 23.2. The first-order chi connectivity index (χ1) is 7.79. The van der Waals surface area contributed by atoms with E-state index in [-0.39, 0.29) is 13.2 Å². The fourth-order valence-electron chi connectivity index (χ4n) is 1.81. The number of amides is 1. The SMILES string of the molecule is COC1(OC)CN(C(=O)OC(C)(C)C)[C@H]1CO. The highest BCUT2D eigenvalue weighted by molar-refractivity contribution is 5.70. The first-order valence-corrected chi connectivity index (χ1v) is 5.50. The molecule has 0 aliphatic carbocycles. The number of nitrogens with zero attached hydrogens (tertiary/aromatic N) is 1. The molecule has 0 bridgehead atoms. The maximum atomic E-state index is 11.8. The van der Waals surface area contributed by atoms with Gasteiger partial charge in [-0.1, -0.05) is 0 Å². The topological polar surface area (TPSA) is 68.2 Å². The fourth-order valence-corrected chi connectivity index (χ4v) is 1.81. The van der Waals surface area contributed by atoms with Crippen LogP contribution in [0.2, 0.25) is 0 Å². The van der Waals surface area contributed by atoms with E-state index < -0.39 is 23.5 Å². The van der Waals surface area contributed by atoms with Crippen molar-refractivity contribution in [2.45, 2.75) is 38.2 Å². The predicted molar refractivity (Wildman–Crippen MR) is 60.6 cm³/mol. The molecule has 100 valence electrons. The maximum Gasteiger partial charge on any atom is 0.410 e. The monoisotopic (exact) mass is 247 g/mol. The van der Waals surface area contributed by atoms with Crippen LogP contribution in [0, 0.1) is 0 Å². The largest absolute Gasteiger partial charge is 0.444 e. The van der Waals surface area contributed by atoms with Gasteiger partial charge in [0.1, 0.15) is 11.6 Å². The van der Waals surface area contributed by atoms with Crippen LogP contribution in [0.3, 0.4) is 0 Å². The van der Waals surface area contributed by atoms with E-state index in [2.05, 4.69) is 0 Å². The highest BCUT2D eigenvalue weighted by Crippen LogP contribution is 2.34. The smallest absolute Gasteiger partial charge is 0.410 e. The predicted octanol–water partition coefficient (Wildman–Crippen LogP) is 0.587. The van der Waals surface area contributed by atoms with Crippen molar-refractivity contribution in [2.75, 3.05) is 27.4 Å². The molecule has 0 saturated carbocycles. The Morgan fingerprint density at radius 3 is 2.29 bits per heavy atom. The van der Waals surface area contributed by atoms with Gasteiger partial charge in [0.05, 0.1) is 13.2 Å². The van der Waals surface area contributed by atoms with Crippen LogP contribution in [0.5, 0.6) is 0 Å². The molecule has 0 aromatic heterocycles. The Labute approximate surface area is 101 Å². The van der Waals surface area contributed by atoms with Crippen LogP contribution in [0.25, 0.3) is 0 Å². The molecular formula is C11H21NO5. The van der Waals surface area contributed by atoms with E-state index in [1.807, 2.05) is 0 Å². The van der Waals surface area contributed by atoms with Crippen molar-refractivity contribution in [2.24, 2.45) is 0 Å². The van der Waals surface area contributed by atoms with Gasteiger partial charge in [0.2, 0.25) is 5.79 Å². The molecule has 1 N–H and O–H groups in total. The number of rotatable bonds is 3. The fraction of sp³-hybridized carbons (Fsp3) is 0.909. The van der Waals surface area contributed by atoms with Gasteiger partial charge in [-0.05, 0) is 20.8 Å². The minimum atomic E-state index is -0.925. The van der Waals surface area contributed by atoms with Gasteiger partial charge in [-0.2, -0.15) is 0 Å². The van der Waals surface area contributed by atoms with E-state index in [0.717, 1.165) is 0 Å². The van der Waals surface area contributed by atoms with Gasteiger partial charge < -0.3 is 19.3 Å². The van der Waals surface area contributed by atoms with Gasteiger partial charge in [0, 0.05) is 14.2 Å². The minimum Gasteiger partial charge on any atom is -0.444 e. The number of aliphatic hydroxyl groups is 1.